The molecule has 0 spiro atoms. The van der Waals surface area contributed by atoms with Crippen LogP contribution in [0.25, 0.3) is 0 Å². The Morgan fingerprint density at radius 2 is 2.04 bits per heavy atom. The van der Waals surface area contributed by atoms with Gasteiger partial charge in [0, 0.05) is 11.7 Å². The van der Waals surface area contributed by atoms with Crippen molar-refractivity contribution in [2.75, 3.05) is 5.32 Å². The molecule has 128 valence electrons. The van der Waals surface area contributed by atoms with E-state index in [0.717, 1.165) is 19.3 Å². The summed E-state index contributed by atoms with van der Waals surface area (Å²) < 4.78 is 0. The third-order valence-corrected chi connectivity index (χ3v) is 4.28. The molecule has 5 nitrogen and oxygen atoms in total. The summed E-state index contributed by atoms with van der Waals surface area (Å²) in [4.78, 5) is 24.2. The van der Waals surface area contributed by atoms with Crippen molar-refractivity contribution in [1.82, 2.24) is 5.32 Å². The van der Waals surface area contributed by atoms with Gasteiger partial charge in [0.2, 0.25) is 5.91 Å². The Kier molecular flexibility index (Phi) is 7.32. The molecule has 2 rings (SSSR count). The quantitative estimate of drug-likeness (QED) is 0.729. The molecule has 1 aliphatic carbocycles. The molecule has 0 aromatic heterocycles. The summed E-state index contributed by atoms with van der Waals surface area (Å²) in [5.74, 6) is -0.384. The minimum atomic E-state index is -0.579. The molecule has 4 N–H and O–H groups in total. The summed E-state index contributed by atoms with van der Waals surface area (Å²) in [6.07, 6.45) is 2.83. The fourth-order valence-corrected chi connectivity index (χ4v) is 2.21. The molecule has 1 aliphatic rings. The van der Waals surface area contributed by atoms with Crippen molar-refractivity contribution in [2.24, 2.45) is 11.7 Å². The molecular weight excluding hydrogens is 337 g/mol. The molecule has 2 atom stereocenters. The van der Waals surface area contributed by atoms with Gasteiger partial charge >= 0.3 is 0 Å². The van der Waals surface area contributed by atoms with Gasteiger partial charge in [0.1, 0.15) is 0 Å². The number of hydrogen-bond acceptors (Lipinski definition) is 3. The lowest BCUT2D eigenvalue weighted by Crippen LogP contribution is -2.40. The van der Waals surface area contributed by atoms with Gasteiger partial charge in [-0.15, -0.1) is 12.4 Å². The second-order valence-corrected chi connectivity index (χ2v) is 6.25. The van der Waals surface area contributed by atoms with Gasteiger partial charge in [-0.3, -0.25) is 9.59 Å². The fourth-order valence-electron chi connectivity index (χ4n) is 2.01. The third-order valence-electron chi connectivity index (χ3n) is 3.95. The van der Waals surface area contributed by atoms with E-state index in [1.165, 1.54) is 0 Å². The van der Waals surface area contributed by atoms with Crippen LogP contribution in [-0.2, 0) is 4.79 Å². The van der Waals surface area contributed by atoms with Crippen LogP contribution in [0, 0.1) is 5.92 Å². The minimum absolute atomic E-state index is 0. The first-order valence-electron chi connectivity index (χ1n) is 7.59. The lowest BCUT2D eigenvalue weighted by Gasteiger charge is -2.18. The Labute approximate surface area is 147 Å². The van der Waals surface area contributed by atoms with E-state index in [1.54, 1.807) is 18.2 Å². The predicted octanol–water partition coefficient (Wildman–Crippen LogP) is 2.97. The van der Waals surface area contributed by atoms with E-state index >= 15 is 0 Å². The van der Waals surface area contributed by atoms with Crippen LogP contribution in [0.1, 0.15) is 43.5 Å². The average molecular weight is 360 g/mol. The minimum Gasteiger partial charge on any atom is -0.349 e. The Bertz CT molecular complexity index is 576. The van der Waals surface area contributed by atoms with Gasteiger partial charge in [0.25, 0.3) is 5.91 Å². The summed E-state index contributed by atoms with van der Waals surface area (Å²) in [6, 6.07) is 4.53. The van der Waals surface area contributed by atoms with E-state index < -0.39 is 6.04 Å². The van der Waals surface area contributed by atoms with Crippen molar-refractivity contribution in [3.63, 3.8) is 0 Å². The molecule has 23 heavy (non-hydrogen) atoms. The van der Waals surface area contributed by atoms with Crippen LogP contribution in [0.3, 0.4) is 0 Å². The van der Waals surface area contributed by atoms with Gasteiger partial charge in [0.15, 0.2) is 0 Å². The van der Waals surface area contributed by atoms with Crippen LogP contribution >= 0.6 is 24.0 Å². The second kappa shape index (κ2) is 8.52. The van der Waals surface area contributed by atoms with Crippen molar-refractivity contribution in [2.45, 2.75) is 45.2 Å². The summed E-state index contributed by atoms with van der Waals surface area (Å²) in [5, 5.41) is 5.99. The molecule has 1 fully saturated rings. The number of carbonyl (C=O) groups excluding carboxylic acids is 2. The summed E-state index contributed by atoms with van der Waals surface area (Å²) in [7, 11) is 0. The molecule has 1 aromatic rings. The number of halogens is 2. The van der Waals surface area contributed by atoms with Gasteiger partial charge in [-0.05, 0) is 37.0 Å². The zero-order valence-electron chi connectivity index (χ0n) is 13.3. The van der Waals surface area contributed by atoms with Crippen LogP contribution in [-0.4, -0.2) is 23.9 Å². The SMILES string of the molecule is CCC(C)C(N)C(=O)Nc1ccc(Cl)c(C(=O)NC2CC2)c1.Cl. The highest BCUT2D eigenvalue weighted by Crippen LogP contribution is 2.24. The molecule has 7 heteroatoms. The molecular formula is C16H23Cl2N3O2. The molecule has 2 unspecified atom stereocenters. The van der Waals surface area contributed by atoms with Crippen LogP contribution in [0.4, 0.5) is 5.69 Å². The average Bonchev–Trinajstić information content (AvgIpc) is 3.31. The maximum absolute atomic E-state index is 12.1. The van der Waals surface area contributed by atoms with Crippen LogP contribution in [0.2, 0.25) is 5.02 Å². The van der Waals surface area contributed by atoms with Gasteiger partial charge in [-0.25, -0.2) is 0 Å². The molecule has 0 heterocycles. The Balaban J connectivity index is 0.00000264. The molecule has 0 aliphatic heterocycles. The van der Waals surface area contributed by atoms with Crippen LogP contribution < -0.4 is 16.4 Å². The maximum Gasteiger partial charge on any atom is 0.253 e. The van der Waals surface area contributed by atoms with Crippen molar-refractivity contribution in [1.29, 1.82) is 0 Å². The first-order valence-corrected chi connectivity index (χ1v) is 7.97. The van der Waals surface area contributed by atoms with Crippen LogP contribution in [0.15, 0.2) is 18.2 Å². The van der Waals surface area contributed by atoms with Gasteiger partial charge < -0.3 is 16.4 Å². The third kappa shape index (κ3) is 5.37. The molecule has 0 bridgehead atoms. The first kappa shape index (κ1) is 19.7. The Morgan fingerprint density at radius 3 is 2.61 bits per heavy atom. The van der Waals surface area contributed by atoms with E-state index in [1.807, 2.05) is 13.8 Å². The molecule has 1 aromatic carbocycles. The molecule has 2 amide bonds. The maximum atomic E-state index is 12.1. The number of rotatable bonds is 6. The Hall–Kier alpha value is -1.30. The van der Waals surface area contributed by atoms with E-state index in [-0.39, 0.29) is 36.2 Å². The zero-order chi connectivity index (χ0) is 16.3. The highest BCUT2D eigenvalue weighted by Gasteiger charge is 2.25. The number of nitrogens with one attached hydrogen (secondary N) is 2. The molecule has 0 radical (unpaired) electrons. The van der Waals surface area contributed by atoms with Crippen molar-refractivity contribution < 1.29 is 9.59 Å². The van der Waals surface area contributed by atoms with E-state index in [9.17, 15) is 9.59 Å². The zero-order valence-corrected chi connectivity index (χ0v) is 14.8. The highest BCUT2D eigenvalue weighted by molar-refractivity contribution is 6.34. The lowest BCUT2D eigenvalue weighted by atomic mass is 9.99. The van der Waals surface area contributed by atoms with Crippen molar-refractivity contribution >= 4 is 41.5 Å². The van der Waals surface area contributed by atoms with Gasteiger partial charge in [-0.2, -0.15) is 0 Å². The second-order valence-electron chi connectivity index (χ2n) is 5.84. The van der Waals surface area contributed by atoms with E-state index in [4.69, 9.17) is 17.3 Å². The molecule has 1 saturated carbocycles. The normalized spacial score (nSPS) is 16.0. The number of anilines is 1. The van der Waals surface area contributed by atoms with E-state index in [2.05, 4.69) is 10.6 Å². The predicted molar refractivity (Wildman–Crippen MR) is 95.2 cm³/mol. The fraction of sp³-hybridized carbons (Fsp3) is 0.500. The Morgan fingerprint density at radius 1 is 1.39 bits per heavy atom. The topological polar surface area (TPSA) is 84.2 Å². The largest absolute Gasteiger partial charge is 0.349 e. The van der Waals surface area contributed by atoms with E-state index in [0.29, 0.717) is 16.3 Å². The standard InChI is InChI=1S/C16H22ClN3O2.ClH/c1-3-9(2)14(18)16(22)20-11-6-7-13(17)12(8-11)15(21)19-10-4-5-10;/h6-10,14H,3-5,18H2,1-2H3,(H,19,21)(H,20,22);1H. The number of carbonyl (C=O) groups is 2. The number of benzene rings is 1. The summed E-state index contributed by atoms with van der Waals surface area (Å²) in [6.45, 7) is 3.92. The van der Waals surface area contributed by atoms with Crippen LogP contribution in [0.5, 0.6) is 0 Å². The summed E-state index contributed by atoms with van der Waals surface area (Å²) >= 11 is 6.07. The lowest BCUT2D eigenvalue weighted by molar-refractivity contribution is -0.118. The molecule has 0 saturated heterocycles. The number of hydrogen-bond donors (Lipinski definition) is 3. The van der Waals surface area contributed by atoms with Crippen molar-refractivity contribution in [3.8, 4) is 0 Å². The smallest absolute Gasteiger partial charge is 0.253 e. The number of nitrogens with two attached hydrogens (primary N) is 1. The van der Waals surface area contributed by atoms with Crippen molar-refractivity contribution in [3.05, 3.63) is 28.8 Å². The highest BCUT2D eigenvalue weighted by atomic mass is 35.5. The summed E-state index contributed by atoms with van der Waals surface area (Å²) in [5.41, 5.74) is 6.79. The van der Waals surface area contributed by atoms with Gasteiger partial charge in [0.05, 0.1) is 16.6 Å². The first-order chi connectivity index (χ1) is 10.4. The number of amides is 2. The monoisotopic (exact) mass is 359 g/mol. The van der Waals surface area contributed by atoms with Gasteiger partial charge in [-0.1, -0.05) is 31.9 Å².